The Morgan fingerprint density at radius 3 is 2.26 bits per heavy atom. The molecule has 3 rings (SSSR count). The molecule has 27 heavy (non-hydrogen) atoms. The van der Waals surface area contributed by atoms with Crippen LogP contribution in [0.5, 0.6) is 11.5 Å². The minimum atomic E-state index is -0.0738. The summed E-state index contributed by atoms with van der Waals surface area (Å²) in [6.07, 6.45) is 0. The molecule has 3 aromatic rings. The van der Waals surface area contributed by atoms with E-state index in [1.165, 1.54) is 0 Å². The number of rotatable bonds is 6. The van der Waals surface area contributed by atoms with Crippen molar-refractivity contribution in [2.24, 2.45) is 0 Å². The van der Waals surface area contributed by atoms with Crippen LogP contribution in [0.2, 0.25) is 0 Å². The number of aryl methyl sites for hydroxylation is 2. The Hall–Kier alpha value is -3.15. The molecule has 2 aromatic carbocycles. The number of hydrogen-bond acceptors (Lipinski definition) is 5. The van der Waals surface area contributed by atoms with E-state index in [9.17, 15) is 4.79 Å². The minimum absolute atomic E-state index is 0.0738. The van der Waals surface area contributed by atoms with Gasteiger partial charge in [0.1, 0.15) is 18.1 Å². The Morgan fingerprint density at radius 1 is 0.963 bits per heavy atom. The van der Waals surface area contributed by atoms with Crippen molar-refractivity contribution in [3.05, 3.63) is 59.4 Å². The molecular weight excluding hydrogens is 342 g/mol. The monoisotopic (exact) mass is 365 g/mol. The molecule has 0 bridgehead atoms. The first-order valence-corrected chi connectivity index (χ1v) is 8.75. The van der Waals surface area contributed by atoms with Gasteiger partial charge in [-0.05, 0) is 56.3 Å². The Bertz CT molecular complexity index is 955. The molecule has 0 atom stereocenters. The lowest BCUT2D eigenvalue weighted by Gasteiger charge is -2.18. The van der Waals surface area contributed by atoms with Crippen LogP contribution in [0.25, 0.3) is 11.0 Å². The summed E-state index contributed by atoms with van der Waals surface area (Å²) in [5, 5.41) is 0. The van der Waals surface area contributed by atoms with Gasteiger partial charge in [-0.25, -0.2) is 9.97 Å². The normalized spacial score (nSPS) is 10.7. The fourth-order valence-electron chi connectivity index (χ4n) is 2.66. The smallest absolute Gasteiger partial charge is 0.253 e. The lowest BCUT2D eigenvalue weighted by molar-refractivity contribution is 0.0774. The number of aromatic nitrogens is 2. The molecule has 1 amide bonds. The quantitative estimate of drug-likeness (QED) is 0.670. The molecular formula is C21H23N3O3. The van der Waals surface area contributed by atoms with E-state index in [4.69, 9.17) is 9.47 Å². The maximum atomic E-state index is 12.7. The van der Waals surface area contributed by atoms with Crippen molar-refractivity contribution in [2.75, 3.05) is 27.3 Å². The van der Waals surface area contributed by atoms with Gasteiger partial charge in [0.25, 0.3) is 5.91 Å². The molecule has 6 nitrogen and oxygen atoms in total. The van der Waals surface area contributed by atoms with Crippen LogP contribution in [0.1, 0.15) is 21.7 Å². The Morgan fingerprint density at radius 2 is 1.59 bits per heavy atom. The first-order chi connectivity index (χ1) is 13.0. The fraction of sp³-hybridized carbons (Fsp3) is 0.286. The summed E-state index contributed by atoms with van der Waals surface area (Å²) in [5.41, 5.74) is 3.88. The third kappa shape index (κ3) is 4.34. The summed E-state index contributed by atoms with van der Waals surface area (Å²) in [7, 11) is 3.38. The largest absolute Gasteiger partial charge is 0.497 e. The Balaban J connectivity index is 1.62. The maximum Gasteiger partial charge on any atom is 0.253 e. The van der Waals surface area contributed by atoms with Crippen LogP contribution >= 0.6 is 0 Å². The van der Waals surface area contributed by atoms with E-state index in [1.54, 1.807) is 31.2 Å². The number of hydrogen-bond donors (Lipinski definition) is 0. The molecule has 0 spiro atoms. The number of methoxy groups -OCH3 is 1. The second kappa shape index (κ2) is 8.03. The van der Waals surface area contributed by atoms with Gasteiger partial charge in [-0.15, -0.1) is 0 Å². The van der Waals surface area contributed by atoms with Crippen molar-refractivity contribution in [1.82, 2.24) is 14.9 Å². The highest BCUT2D eigenvalue weighted by Gasteiger charge is 2.13. The van der Waals surface area contributed by atoms with Crippen LogP contribution in [0.4, 0.5) is 0 Å². The van der Waals surface area contributed by atoms with E-state index < -0.39 is 0 Å². The highest BCUT2D eigenvalue weighted by atomic mass is 16.5. The summed E-state index contributed by atoms with van der Waals surface area (Å²) in [5.74, 6) is 1.44. The van der Waals surface area contributed by atoms with Crippen molar-refractivity contribution < 1.29 is 14.3 Å². The van der Waals surface area contributed by atoms with Gasteiger partial charge in [0.2, 0.25) is 0 Å². The van der Waals surface area contributed by atoms with Crippen LogP contribution in [0.15, 0.2) is 42.5 Å². The van der Waals surface area contributed by atoms with E-state index in [-0.39, 0.29) is 5.91 Å². The van der Waals surface area contributed by atoms with Crippen molar-refractivity contribution in [3.8, 4) is 11.5 Å². The predicted molar refractivity (Wildman–Crippen MR) is 104 cm³/mol. The van der Waals surface area contributed by atoms with Crippen LogP contribution in [-0.2, 0) is 0 Å². The van der Waals surface area contributed by atoms with Gasteiger partial charge in [-0.3, -0.25) is 4.79 Å². The molecule has 0 fully saturated rings. The highest BCUT2D eigenvalue weighted by Crippen LogP contribution is 2.18. The van der Waals surface area contributed by atoms with Gasteiger partial charge >= 0.3 is 0 Å². The van der Waals surface area contributed by atoms with Gasteiger partial charge in [-0.2, -0.15) is 0 Å². The van der Waals surface area contributed by atoms with Crippen molar-refractivity contribution in [2.45, 2.75) is 13.8 Å². The standard InChI is InChI=1S/C21H23N3O3/c1-14-15(2)23-20-13-16(5-10-19(20)22-14)21(25)24(3)11-12-27-18-8-6-17(26-4)7-9-18/h5-10,13H,11-12H2,1-4H3. The molecule has 0 saturated heterocycles. The van der Waals surface area contributed by atoms with Crippen molar-refractivity contribution >= 4 is 16.9 Å². The average Bonchev–Trinajstić information content (AvgIpc) is 2.68. The zero-order chi connectivity index (χ0) is 19.4. The molecule has 140 valence electrons. The van der Waals surface area contributed by atoms with Gasteiger partial charge in [0.15, 0.2) is 0 Å². The molecule has 0 unspecified atom stereocenters. The lowest BCUT2D eigenvalue weighted by atomic mass is 10.1. The zero-order valence-electron chi connectivity index (χ0n) is 16.0. The summed E-state index contributed by atoms with van der Waals surface area (Å²) < 4.78 is 10.8. The van der Waals surface area contributed by atoms with Crippen molar-refractivity contribution in [3.63, 3.8) is 0 Å². The van der Waals surface area contributed by atoms with E-state index >= 15 is 0 Å². The lowest BCUT2D eigenvalue weighted by Crippen LogP contribution is -2.30. The molecule has 0 radical (unpaired) electrons. The SMILES string of the molecule is COc1ccc(OCCN(C)C(=O)c2ccc3nc(C)c(C)nc3c2)cc1. The number of carbonyl (C=O) groups is 1. The first kappa shape index (κ1) is 18.6. The molecule has 0 N–H and O–H groups in total. The number of carbonyl (C=O) groups excluding carboxylic acids is 1. The van der Waals surface area contributed by atoms with Crippen LogP contribution in [0.3, 0.4) is 0 Å². The number of amides is 1. The highest BCUT2D eigenvalue weighted by molar-refractivity contribution is 5.97. The van der Waals surface area contributed by atoms with E-state index in [1.807, 2.05) is 44.2 Å². The second-order valence-corrected chi connectivity index (χ2v) is 6.35. The molecule has 0 aliphatic rings. The van der Waals surface area contributed by atoms with Gasteiger partial charge in [0, 0.05) is 12.6 Å². The van der Waals surface area contributed by atoms with Crippen LogP contribution in [0, 0.1) is 13.8 Å². The maximum absolute atomic E-state index is 12.7. The Kier molecular flexibility index (Phi) is 5.54. The predicted octanol–water partition coefficient (Wildman–Crippen LogP) is 3.41. The molecule has 1 heterocycles. The Labute approximate surface area is 158 Å². The van der Waals surface area contributed by atoms with E-state index in [0.717, 1.165) is 33.9 Å². The van der Waals surface area contributed by atoms with E-state index in [2.05, 4.69) is 9.97 Å². The summed E-state index contributed by atoms with van der Waals surface area (Å²) in [6.45, 7) is 4.72. The third-order valence-corrected chi connectivity index (χ3v) is 4.42. The number of fused-ring (bicyclic) bond motifs is 1. The average molecular weight is 365 g/mol. The first-order valence-electron chi connectivity index (χ1n) is 8.75. The van der Waals surface area contributed by atoms with Crippen molar-refractivity contribution in [1.29, 1.82) is 0 Å². The van der Waals surface area contributed by atoms with E-state index in [0.29, 0.717) is 18.7 Å². The molecule has 6 heteroatoms. The third-order valence-electron chi connectivity index (χ3n) is 4.42. The van der Waals surface area contributed by atoms with Gasteiger partial charge in [0.05, 0.1) is 36.1 Å². The zero-order valence-corrected chi connectivity index (χ0v) is 16.0. The summed E-state index contributed by atoms with van der Waals surface area (Å²) in [4.78, 5) is 23.3. The number of ether oxygens (including phenoxy) is 2. The molecule has 1 aromatic heterocycles. The number of benzene rings is 2. The van der Waals surface area contributed by atoms with Crippen LogP contribution < -0.4 is 9.47 Å². The molecule has 0 saturated carbocycles. The molecule has 0 aliphatic carbocycles. The van der Waals surface area contributed by atoms with Gasteiger partial charge < -0.3 is 14.4 Å². The summed E-state index contributed by atoms with van der Waals surface area (Å²) in [6, 6.07) is 12.8. The van der Waals surface area contributed by atoms with Gasteiger partial charge in [-0.1, -0.05) is 0 Å². The van der Waals surface area contributed by atoms with Crippen LogP contribution in [-0.4, -0.2) is 48.1 Å². The second-order valence-electron chi connectivity index (χ2n) is 6.35. The minimum Gasteiger partial charge on any atom is -0.497 e. The number of likely N-dealkylation sites (N-methyl/N-ethyl adjacent to an activating group) is 1. The fourth-order valence-corrected chi connectivity index (χ4v) is 2.66. The number of nitrogens with zero attached hydrogens (tertiary/aromatic N) is 3. The summed E-state index contributed by atoms with van der Waals surface area (Å²) >= 11 is 0. The topological polar surface area (TPSA) is 64.6 Å². The molecule has 0 aliphatic heterocycles.